The average Bonchev–Trinajstić information content (AvgIpc) is 2.83. The molecule has 1 N–H and O–H groups in total. The van der Waals surface area contributed by atoms with E-state index in [-0.39, 0.29) is 5.03 Å². The maximum absolute atomic E-state index is 12.6. The highest BCUT2D eigenvalue weighted by atomic mass is 80.0. The maximum Gasteiger partial charge on any atom is 0.241 e. The topological polar surface area (TPSA) is 62.8 Å². The van der Waals surface area contributed by atoms with Crippen LogP contribution in [0.5, 0.6) is 0 Å². The summed E-state index contributed by atoms with van der Waals surface area (Å²) >= 11 is 9.25. The Morgan fingerprint density at radius 2 is 1.81 bits per heavy atom. The molecule has 21 heavy (non-hydrogen) atoms. The van der Waals surface area contributed by atoms with E-state index >= 15 is 0 Å². The van der Waals surface area contributed by atoms with E-state index in [2.05, 4.69) is 58.0 Å². The van der Waals surface area contributed by atoms with Crippen LogP contribution in [0.4, 0.5) is 0 Å². The zero-order valence-corrected chi connectivity index (χ0v) is 16.7. The number of nitrogens with zero attached hydrogens (tertiary/aromatic N) is 1. The van der Waals surface area contributed by atoms with E-state index in [4.69, 9.17) is 0 Å². The first-order valence-corrected chi connectivity index (χ1v) is 10.1. The van der Waals surface area contributed by atoms with Gasteiger partial charge in [0, 0.05) is 11.3 Å². The Morgan fingerprint density at radius 1 is 1.19 bits per heavy atom. The second kappa shape index (κ2) is 6.52. The summed E-state index contributed by atoms with van der Waals surface area (Å²) in [6.07, 6.45) is 1.62. The fraction of sp³-hybridized carbons (Fsp3) is 0.308. The predicted molar refractivity (Wildman–Crippen MR) is 94.7 cm³/mol. The first-order chi connectivity index (χ1) is 9.79. The largest absolute Gasteiger partial charge is 0.281 e. The molecule has 4 nitrogen and oxygen atoms in total. The zero-order valence-electron chi connectivity index (χ0n) is 11.1. The van der Waals surface area contributed by atoms with Crippen molar-refractivity contribution in [3.05, 3.63) is 36.0 Å². The molecular weight excluding hydrogens is 488 g/mol. The minimum absolute atomic E-state index is 0.0165. The van der Waals surface area contributed by atoms with Crippen LogP contribution in [-0.4, -0.2) is 20.1 Å². The van der Waals surface area contributed by atoms with Crippen LogP contribution in [0.2, 0.25) is 0 Å². The number of aromatic nitrogens is 2. The molecule has 1 heterocycles. The average molecular weight is 501 g/mol. The van der Waals surface area contributed by atoms with Gasteiger partial charge in [-0.25, -0.2) is 8.42 Å². The maximum atomic E-state index is 12.6. The molecule has 0 fully saturated rings. The number of aryl methyl sites for hydroxylation is 1. The van der Waals surface area contributed by atoms with Gasteiger partial charge in [-0.2, -0.15) is 5.10 Å². The molecule has 0 amide bonds. The molecule has 1 aromatic heterocycles. The van der Waals surface area contributed by atoms with Gasteiger partial charge >= 0.3 is 0 Å². The van der Waals surface area contributed by atoms with E-state index in [0.29, 0.717) is 5.56 Å². The number of alkyl halides is 3. The Balaban J connectivity index is 2.70. The van der Waals surface area contributed by atoms with E-state index in [1.807, 2.05) is 37.3 Å². The van der Waals surface area contributed by atoms with Crippen molar-refractivity contribution >= 4 is 57.6 Å². The lowest BCUT2D eigenvalue weighted by Crippen LogP contribution is -2.19. The van der Waals surface area contributed by atoms with Gasteiger partial charge in [0.25, 0.3) is 0 Å². The highest BCUT2D eigenvalue weighted by Gasteiger charge is 2.41. The van der Waals surface area contributed by atoms with Crippen LogP contribution in [0.1, 0.15) is 19.0 Å². The van der Waals surface area contributed by atoms with Crippen LogP contribution in [0.3, 0.4) is 0 Å². The summed E-state index contributed by atoms with van der Waals surface area (Å²) in [5.41, 5.74) is 2.27. The Morgan fingerprint density at radius 3 is 2.33 bits per heavy atom. The van der Waals surface area contributed by atoms with Crippen molar-refractivity contribution in [3.63, 3.8) is 0 Å². The van der Waals surface area contributed by atoms with Gasteiger partial charge < -0.3 is 0 Å². The van der Waals surface area contributed by atoms with Gasteiger partial charge in [0.1, 0.15) is 0 Å². The highest BCUT2D eigenvalue weighted by Crippen LogP contribution is 2.45. The van der Waals surface area contributed by atoms with Crippen molar-refractivity contribution in [3.8, 4) is 11.1 Å². The van der Waals surface area contributed by atoms with E-state index in [0.717, 1.165) is 24.1 Å². The molecule has 0 radical (unpaired) electrons. The van der Waals surface area contributed by atoms with Crippen molar-refractivity contribution in [2.24, 2.45) is 0 Å². The lowest BCUT2D eigenvalue weighted by atomic mass is 10.0. The summed E-state index contributed by atoms with van der Waals surface area (Å²) in [7, 11) is -3.75. The number of benzene rings is 1. The number of nitrogens with one attached hydrogen (secondary N) is 1. The van der Waals surface area contributed by atoms with Crippen LogP contribution in [0, 0.1) is 0 Å². The summed E-state index contributed by atoms with van der Waals surface area (Å²) in [6, 6.07) is 9.39. The first-order valence-electron chi connectivity index (χ1n) is 6.23. The van der Waals surface area contributed by atoms with E-state index in [1.165, 1.54) is 0 Å². The van der Waals surface area contributed by atoms with E-state index in [9.17, 15) is 8.42 Å². The summed E-state index contributed by atoms with van der Waals surface area (Å²) < 4.78 is 23.8. The standard InChI is InChI=1S/C13H13Br3N2O2S/c1-2-6-10-11(9-7-4-3-5-8-9)12(18-17-10)21(19,20)13(14,15)16/h3-5,7-8H,2,6H2,1H3,(H,17,18). The van der Waals surface area contributed by atoms with Gasteiger partial charge in [0.05, 0.1) is 0 Å². The molecule has 0 saturated carbocycles. The number of hydrogen-bond acceptors (Lipinski definition) is 3. The Labute approximate surface area is 149 Å². The third-order valence-electron chi connectivity index (χ3n) is 2.93. The van der Waals surface area contributed by atoms with Gasteiger partial charge in [-0.05, 0) is 59.8 Å². The van der Waals surface area contributed by atoms with Crippen molar-refractivity contribution in [1.29, 1.82) is 0 Å². The second-order valence-electron chi connectivity index (χ2n) is 4.45. The molecule has 114 valence electrons. The molecule has 2 rings (SSSR count). The van der Waals surface area contributed by atoms with Gasteiger partial charge in [-0.15, -0.1) is 0 Å². The molecule has 8 heteroatoms. The highest BCUT2D eigenvalue weighted by molar-refractivity contribution is 9.42. The van der Waals surface area contributed by atoms with Crippen molar-refractivity contribution in [2.75, 3.05) is 0 Å². The monoisotopic (exact) mass is 498 g/mol. The van der Waals surface area contributed by atoms with Crippen molar-refractivity contribution in [2.45, 2.75) is 26.3 Å². The quantitative estimate of drug-likeness (QED) is 0.624. The summed E-state index contributed by atoms with van der Waals surface area (Å²) in [6.45, 7) is 2.04. The van der Waals surface area contributed by atoms with Crippen LogP contribution in [-0.2, 0) is 16.3 Å². The third kappa shape index (κ3) is 3.43. The summed E-state index contributed by atoms with van der Waals surface area (Å²) in [4.78, 5) is 0. The number of aromatic amines is 1. The van der Waals surface area contributed by atoms with Gasteiger partial charge in [-0.1, -0.05) is 43.7 Å². The number of hydrogen-bond donors (Lipinski definition) is 1. The predicted octanol–water partition coefficient (Wildman–Crippen LogP) is 4.60. The molecule has 0 aliphatic rings. The molecule has 0 aliphatic carbocycles. The van der Waals surface area contributed by atoms with Crippen LogP contribution < -0.4 is 0 Å². The molecule has 0 bridgehead atoms. The Kier molecular flexibility index (Phi) is 5.33. The number of rotatable bonds is 4. The smallest absolute Gasteiger partial charge is 0.241 e. The van der Waals surface area contributed by atoms with Crippen molar-refractivity contribution < 1.29 is 8.42 Å². The zero-order chi connectivity index (χ0) is 15.7. The van der Waals surface area contributed by atoms with Gasteiger partial charge in [-0.3, -0.25) is 5.10 Å². The first kappa shape index (κ1) is 17.2. The van der Waals surface area contributed by atoms with E-state index < -0.39 is 11.3 Å². The molecular formula is C13H13Br3N2O2S. The SMILES string of the molecule is CCCc1[nH]nc(S(=O)(=O)C(Br)(Br)Br)c1-c1ccccc1. The summed E-state index contributed by atoms with van der Waals surface area (Å²) in [5.74, 6) is 0. The van der Waals surface area contributed by atoms with Gasteiger partial charge in [0.15, 0.2) is 5.03 Å². The molecule has 0 unspecified atom stereocenters. The third-order valence-corrected chi connectivity index (χ3v) is 8.18. The molecule has 0 spiro atoms. The number of sulfone groups is 1. The van der Waals surface area contributed by atoms with E-state index in [1.54, 1.807) is 0 Å². The fourth-order valence-electron chi connectivity index (χ4n) is 2.00. The second-order valence-corrected chi connectivity index (χ2v) is 14.8. The molecule has 0 atom stereocenters. The van der Waals surface area contributed by atoms with Crippen LogP contribution in [0.25, 0.3) is 11.1 Å². The van der Waals surface area contributed by atoms with Crippen LogP contribution >= 0.6 is 47.8 Å². The number of halogens is 3. The van der Waals surface area contributed by atoms with Crippen molar-refractivity contribution in [1.82, 2.24) is 10.2 Å². The Hall–Kier alpha value is -0.180. The van der Waals surface area contributed by atoms with Gasteiger partial charge in [0.2, 0.25) is 11.3 Å². The van der Waals surface area contributed by atoms with Crippen LogP contribution in [0.15, 0.2) is 35.4 Å². The lowest BCUT2D eigenvalue weighted by Gasteiger charge is -2.13. The molecule has 0 aliphatic heterocycles. The lowest BCUT2D eigenvalue weighted by molar-refractivity contribution is 0.595. The summed E-state index contributed by atoms with van der Waals surface area (Å²) in [5, 5.41) is 6.92. The molecule has 0 saturated heterocycles. The molecule has 1 aromatic carbocycles. The minimum Gasteiger partial charge on any atom is -0.281 e. The fourth-order valence-corrected chi connectivity index (χ4v) is 4.27. The normalized spacial score (nSPS) is 12.6. The minimum atomic E-state index is -3.75. The Bertz CT molecular complexity index is 722. The number of H-pyrrole nitrogens is 1. The molecule has 2 aromatic rings.